The number of ether oxygens (including phenoxy) is 6. The van der Waals surface area contributed by atoms with Crippen molar-refractivity contribution >= 4 is 29.1 Å². The molecule has 340 valence electrons. The van der Waals surface area contributed by atoms with Gasteiger partial charge in [0.15, 0.2) is 0 Å². The van der Waals surface area contributed by atoms with Crippen molar-refractivity contribution in [2.24, 2.45) is 22.9 Å². The summed E-state index contributed by atoms with van der Waals surface area (Å²) in [5.74, 6) is -1.36. The summed E-state index contributed by atoms with van der Waals surface area (Å²) in [4.78, 5) is 33.2. The molecule has 4 aliphatic rings. The molecule has 1 saturated carbocycles. The number of aliphatic hydroxyl groups excluding tert-OH is 3. The number of rotatable bonds is 24. The van der Waals surface area contributed by atoms with Gasteiger partial charge in [0.05, 0.1) is 61.5 Å². The number of aliphatic hydroxyl groups is 3. The van der Waals surface area contributed by atoms with Gasteiger partial charge in [-0.2, -0.15) is 0 Å². The summed E-state index contributed by atoms with van der Waals surface area (Å²) in [6.45, 7) is 4.56. The van der Waals surface area contributed by atoms with E-state index in [1.54, 1.807) is 30.3 Å². The Hall–Kier alpha value is -4.29. The van der Waals surface area contributed by atoms with Gasteiger partial charge in [0.1, 0.15) is 29.9 Å². The highest BCUT2D eigenvalue weighted by Crippen LogP contribution is 2.62. The van der Waals surface area contributed by atoms with E-state index in [9.17, 15) is 30.2 Å². The van der Waals surface area contributed by atoms with Gasteiger partial charge in [-0.15, -0.1) is 18.2 Å². The lowest BCUT2D eigenvalue weighted by molar-refractivity contribution is -0.384. The number of alkyl halides is 1. The lowest BCUT2D eigenvalue weighted by Gasteiger charge is -2.59. The van der Waals surface area contributed by atoms with Gasteiger partial charge in [0.2, 0.25) is 12.1 Å². The van der Waals surface area contributed by atoms with Crippen molar-refractivity contribution in [3.63, 3.8) is 0 Å². The molecule has 17 heteroatoms. The van der Waals surface area contributed by atoms with Crippen LogP contribution in [0.2, 0.25) is 0 Å². The van der Waals surface area contributed by atoms with Gasteiger partial charge < -0.3 is 48.6 Å². The third-order valence-electron chi connectivity index (χ3n) is 12.0. The molecule has 0 aromatic heterocycles. The molecule has 2 heterocycles. The number of nitro benzene ring substituents is 1. The van der Waals surface area contributed by atoms with Crippen molar-refractivity contribution in [3.05, 3.63) is 82.4 Å². The number of unbranched alkanes of at least 4 members (excludes halogenated alkanes) is 2. The van der Waals surface area contributed by atoms with Crippen LogP contribution in [-0.2, 0) is 23.8 Å². The van der Waals surface area contributed by atoms with E-state index in [0.717, 1.165) is 43.2 Å². The minimum atomic E-state index is -1.57. The van der Waals surface area contributed by atoms with E-state index in [-0.39, 0.29) is 94.3 Å². The molecule has 3 N–H and O–H groups in total. The molecule has 2 aliphatic heterocycles. The molecule has 16 nitrogen and oxygen atoms in total. The maximum Gasteiger partial charge on any atom is 0.410 e. The zero-order valence-electron chi connectivity index (χ0n) is 35.2. The highest BCUT2D eigenvalue weighted by atomic mass is 35.5. The molecule has 7 unspecified atom stereocenters. The van der Waals surface area contributed by atoms with Gasteiger partial charge >= 0.3 is 6.09 Å². The highest BCUT2D eigenvalue weighted by Gasteiger charge is 2.65. The Balaban J connectivity index is 1.57. The Morgan fingerprint density at radius 2 is 1.84 bits per heavy atom. The van der Waals surface area contributed by atoms with Crippen LogP contribution in [0.3, 0.4) is 0 Å². The summed E-state index contributed by atoms with van der Waals surface area (Å²) < 4.78 is 37.9. The van der Waals surface area contributed by atoms with E-state index in [4.69, 9.17) is 50.0 Å². The molecule has 2 aromatic carbocycles. The van der Waals surface area contributed by atoms with Crippen LogP contribution in [0.4, 0.5) is 10.5 Å². The standard InChI is InChI=1S/C45H60ClN3O13/c1-2-22-59-45-40(48(18-25-56-26-21-52)44(53)58-24-17-46)30-38(47-62-41-14-5-8-23-57-41)36-27-31(10-3-6-19-50)35(13-4-7-20-51)42(43(36)45)37-29-34(15-16-39(37)61-45)60-33-12-9-11-32(28-33)49(54)55/h2,9,11-12,15-16,27-29,31,35,40-43,50-52H,1,3-8,10,13-14,17-26,30H2. The van der Waals surface area contributed by atoms with E-state index in [1.165, 1.54) is 17.0 Å². The first kappa shape index (κ1) is 47.2. The Kier molecular flexibility index (Phi) is 17.8. The van der Waals surface area contributed by atoms with Crippen LogP contribution in [-0.4, -0.2) is 120 Å². The van der Waals surface area contributed by atoms with Crippen LogP contribution in [0.5, 0.6) is 17.2 Å². The van der Waals surface area contributed by atoms with E-state index < -0.39 is 35.1 Å². The molecule has 0 radical (unpaired) electrons. The number of benzene rings is 2. The second-order valence-corrected chi connectivity index (χ2v) is 16.2. The third kappa shape index (κ3) is 11.3. The SMILES string of the molecule is C=CCOC12Oc3ccc(Oc4cccc([N+](=O)[O-])c4)cc3C3C(CCCCO)C(CCCCO)C=C(C(=NOC4CCCCO4)CC1N(CCOCCO)C(=O)OCCCl)C32. The molecule has 0 spiro atoms. The normalized spacial score (nSPS) is 25.7. The number of allylic oxidation sites excluding steroid dienone is 1. The zero-order valence-corrected chi connectivity index (χ0v) is 35.9. The summed E-state index contributed by atoms with van der Waals surface area (Å²) in [7, 11) is 0. The lowest BCUT2D eigenvalue weighted by atomic mass is 9.55. The van der Waals surface area contributed by atoms with Gasteiger partial charge in [0, 0.05) is 50.1 Å². The van der Waals surface area contributed by atoms with Crippen molar-refractivity contribution in [1.29, 1.82) is 0 Å². The Bertz CT molecular complexity index is 1860. The quantitative estimate of drug-likeness (QED) is 0.0314. The lowest BCUT2D eigenvalue weighted by Crippen LogP contribution is -2.70. The summed E-state index contributed by atoms with van der Waals surface area (Å²) in [5.41, 5.74) is 2.11. The van der Waals surface area contributed by atoms with Crippen LogP contribution in [0.15, 0.2) is 71.9 Å². The molecule has 2 aliphatic carbocycles. The smallest absolute Gasteiger partial charge is 0.410 e. The molecule has 1 amide bonds. The molecule has 62 heavy (non-hydrogen) atoms. The summed E-state index contributed by atoms with van der Waals surface area (Å²) >= 11 is 6.03. The molecule has 7 atom stereocenters. The van der Waals surface area contributed by atoms with Crippen molar-refractivity contribution < 1.29 is 58.3 Å². The van der Waals surface area contributed by atoms with Crippen LogP contribution < -0.4 is 9.47 Å². The summed E-state index contributed by atoms with van der Waals surface area (Å²) in [6, 6.07) is 10.5. The second kappa shape index (κ2) is 23.4. The fourth-order valence-electron chi connectivity index (χ4n) is 9.34. The van der Waals surface area contributed by atoms with E-state index in [1.807, 2.05) is 6.07 Å². The van der Waals surface area contributed by atoms with Gasteiger partial charge in [-0.3, -0.25) is 15.0 Å². The van der Waals surface area contributed by atoms with Crippen LogP contribution >= 0.6 is 11.6 Å². The number of oxime groups is 1. The van der Waals surface area contributed by atoms with Gasteiger partial charge in [-0.05, 0) is 80.2 Å². The maximum absolute atomic E-state index is 14.3. The maximum atomic E-state index is 14.3. The number of hydrogen-bond acceptors (Lipinski definition) is 14. The van der Waals surface area contributed by atoms with E-state index >= 15 is 0 Å². The second-order valence-electron chi connectivity index (χ2n) is 15.9. The molecular weight excluding hydrogens is 826 g/mol. The van der Waals surface area contributed by atoms with Crippen LogP contribution in [0.25, 0.3) is 0 Å². The molecule has 2 fully saturated rings. The van der Waals surface area contributed by atoms with Crippen molar-refractivity contribution in [2.45, 2.75) is 88.2 Å². The van der Waals surface area contributed by atoms with Crippen molar-refractivity contribution in [1.82, 2.24) is 4.90 Å². The molecular formula is C45H60ClN3O13. The predicted molar refractivity (Wildman–Crippen MR) is 229 cm³/mol. The highest BCUT2D eigenvalue weighted by molar-refractivity contribution is 6.18. The number of fused-ring (bicyclic) bond motifs is 2. The Labute approximate surface area is 367 Å². The number of nitrogens with zero attached hydrogens (tertiary/aromatic N) is 3. The number of carbonyl (C=O) groups excluding carboxylic acids is 1. The topological polar surface area (TPSA) is 201 Å². The monoisotopic (exact) mass is 885 g/mol. The number of amides is 1. The number of halogens is 1. The largest absolute Gasteiger partial charge is 0.459 e. The fraction of sp³-hybridized carbons (Fsp3) is 0.600. The number of carbonyl (C=O) groups is 1. The molecule has 6 rings (SSSR count). The third-order valence-corrected chi connectivity index (χ3v) is 12.1. The average Bonchev–Trinajstić information content (AvgIpc) is 3.28. The number of non-ortho nitro benzene ring substituents is 1. The number of hydrogen-bond donors (Lipinski definition) is 3. The Morgan fingerprint density at radius 3 is 2.56 bits per heavy atom. The van der Waals surface area contributed by atoms with Crippen LogP contribution in [0.1, 0.15) is 75.7 Å². The Morgan fingerprint density at radius 1 is 1.03 bits per heavy atom. The van der Waals surface area contributed by atoms with Gasteiger partial charge in [-0.1, -0.05) is 36.2 Å². The first-order valence-electron chi connectivity index (χ1n) is 21.7. The first-order valence-corrected chi connectivity index (χ1v) is 22.3. The zero-order chi connectivity index (χ0) is 43.9. The molecule has 1 saturated heterocycles. The van der Waals surface area contributed by atoms with E-state index in [0.29, 0.717) is 49.5 Å². The summed E-state index contributed by atoms with van der Waals surface area (Å²) in [6.07, 6.45) is 9.42. The van der Waals surface area contributed by atoms with Crippen molar-refractivity contribution in [3.8, 4) is 17.2 Å². The fourth-order valence-corrected chi connectivity index (χ4v) is 9.42. The van der Waals surface area contributed by atoms with E-state index in [2.05, 4.69) is 12.7 Å². The van der Waals surface area contributed by atoms with Crippen molar-refractivity contribution in [2.75, 3.05) is 65.3 Å². The van der Waals surface area contributed by atoms with Crippen LogP contribution in [0, 0.1) is 27.9 Å². The summed E-state index contributed by atoms with van der Waals surface area (Å²) in [5, 5.41) is 45.8. The minimum absolute atomic E-state index is 0.0229. The predicted octanol–water partition coefficient (Wildman–Crippen LogP) is 7.23. The minimum Gasteiger partial charge on any atom is -0.459 e. The van der Waals surface area contributed by atoms with Gasteiger partial charge in [0.25, 0.3) is 5.69 Å². The van der Waals surface area contributed by atoms with Gasteiger partial charge in [-0.25, -0.2) is 4.79 Å². The average molecular weight is 886 g/mol. The first-order chi connectivity index (χ1) is 30.3. The molecule has 2 aromatic rings. The number of nitro groups is 1. The molecule has 0 bridgehead atoms.